The third kappa shape index (κ3) is 2.88. The normalized spacial score (nSPS) is 13.8. The highest BCUT2D eigenvalue weighted by atomic mass is 35.5. The molecule has 1 heterocycles. The molecule has 1 N–H and O–H groups in total. The summed E-state index contributed by atoms with van der Waals surface area (Å²) in [6.45, 7) is 0. The van der Waals surface area contributed by atoms with E-state index < -0.39 is 0 Å². The fraction of sp³-hybridized carbons (Fsp3) is 0. The summed E-state index contributed by atoms with van der Waals surface area (Å²) in [7, 11) is 0. The van der Waals surface area contributed by atoms with Gasteiger partial charge >= 0.3 is 0 Å². The molecule has 8 heteroatoms. The molecule has 2 aromatic carbocycles. The third-order valence-electron chi connectivity index (χ3n) is 2.93. The first-order chi connectivity index (χ1) is 10.6. The number of benzene rings is 2. The predicted octanol–water partition coefficient (Wildman–Crippen LogP) is 5.01. The summed E-state index contributed by atoms with van der Waals surface area (Å²) in [5.41, 5.74) is 4.38. The summed E-state index contributed by atoms with van der Waals surface area (Å²) in [6, 6.07) is 10.4. The van der Waals surface area contributed by atoms with E-state index in [-0.39, 0.29) is 0 Å². The van der Waals surface area contributed by atoms with Crippen molar-refractivity contribution in [1.82, 2.24) is 5.53 Å². The van der Waals surface area contributed by atoms with Crippen molar-refractivity contribution in [2.75, 3.05) is 5.12 Å². The quantitative estimate of drug-likeness (QED) is 0.803. The SMILES string of the molecule is Clc1cccc(Cl)c1C1=NNN(c2c(Cl)cccc2Cl)N=C1. The maximum Gasteiger partial charge on any atom is 0.122 e. The van der Waals surface area contributed by atoms with Gasteiger partial charge in [-0.05, 0) is 24.3 Å². The average molecular weight is 374 g/mol. The van der Waals surface area contributed by atoms with Crippen LogP contribution in [-0.4, -0.2) is 11.9 Å². The van der Waals surface area contributed by atoms with E-state index in [2.05, 4.69) is 15.7 Å². The fourth-order valence-electron chi connectivity index (χ4n) is 1.93. The first kappa shape index (κ1) is 15.4. The van der Waals surface area contributed by atoms with Crippen LogP contribution in [0.3, 0.4) is 0 Å². The molecular formula is C14H8Cl4N4. The highest BCUT2D eigenvalue weighted by Crippen LogP contribution is 2.33. The Balaban J connectivity index is 1.92. The Hall–Kier alpha value is -1.46. The van der Waals surface area contributed by atoms with Gasteiger partial charge < -0.3 is 0 Å². The van der Waals surface area contributed by atoms with Crippen molar-refractivity contribution in [3.63, 3.8) is 0 Å². The van der Waals surface area contributed by atoms with Crippen LogP contribution in [0.15, 0.2) is 46.6 Å². The summed E-state index contributed by atoms with van der Waals surface area (Å²) in [5.74, 6) is 0. The van der Waals surface area contributed by atoms with Crippen LogP contribution >= 0.6 is 46.4 Å². The van der Waals surface area contributed by atoms with Gasteiger partial charge in [-0.2, -0.15) is 20.9 Å². The largest absolute Gasteiger partial charge is 0.197 e. The van der Waals surface area contributed by atoms with E-state index in [1.807, 2.05) is 0 Å². The minimum Gasteiger partial charge on any atom is -0.197 e. The van der Waals surface area contributed by atoms with E-state index in [1.54, 1.807) is 36.4 Å². The Morgan fingerprint density at radius 2 is 1.36 bits per heavy atom. The number of rotatable bonds is 2. The molecule has 0 spiro atoms. The van der Waals surface area contributed by atoms with Crippen LogP contribution in [-0.2, 0) is 0 Å². The standard InChI is InChI=1S/C14H8Cl4N4/c15-8-3-1-4-9(16)13(8)12-7-19-22(21-20-12)14-10(17)5-2-6-11(14)18/h1-7,21H. The Morgan fingerprint density at radius 3 is 1.86 bits per heavy atom. The van der Waals surface area contributed by atoms with Crippen LogP contribution in [0.25, 0.3) is 0 Å². The molecular weight excluding hydrogens is 366 g/mol. The molecule has 0 saturated heterocycles. The minimum absolute atomic E-state index is 0.451. The van der Waals surface area contributed by atoms with Crippen molar-refractivity contribution in [3.05, 3.63) is 62.1 Å². The molecule has 0 atom stereocenters. The lowest BCUT2D eigenvalue weighted by atomic mass is 10.1. The molecule has 22 heavy (non-hydrogen) atoms. The molecule has 0 aromatic heterocycles. The molecule has 1 aliphatic rings. The van der Waals surface area contributed by atoms with Gasteiger partial charge in [-0.3, -0.25) is 0 Å². The fourth-order valence-corrected chi connectivity index (χ4v) is 3.08. The van der Waals surface area contributed by atoms with Crippen LogP contribution < -0.4 is 10.7 Å². The highest BCUT2D eigenvalue weighted by Gasteiger charge is 2.19. The van der Waals surface area contributed by atoms with Gasteiger partial charge in [-0.15, -0.1) is 0 Å². The number of hydrazine groups is 1. The molecule has 2 aromatic rings. The van der Waals surface area contributed by atoms with E-state index in [9.17, 15) is 0 Å². The summed E-state index contributed by atoms with van der Waals surface area (Å²) >= 11 is 24.6. The molecule has 0 fully saturated rings. The van der Waals surface area contributed by atoms with E-state index in [4.69, 9.17) is 46.4 Å². The topological polar surface area (TPSA) is 40.0 Å². The molecule has 1 aliphatic heterocycles. The van der Waals surface area contributed by atoms with Crippen molar-refractivity contribution >= 4 is 64.0 Å². The summed E-state index contributed by atoms with van der Waals surface area (Å²) in [6.07, 6.45) is 1.53. The van der Waals surface area contributed by atoms with Gasteiger partial charge in [0.05, 0.1) is 26.3 Å². The zero-order chi connectivity index (χ0) is 15.7. The zero-order valence-electron chi connectivity index (χ0n) is 10.9. The number of hydrogen-bond donors (Lipinski definition) is 1. The van der Waals surface area contributed by atoms with Gasteiger partial charge in [0.1, 0.15) is 11.4 Å². The van der Waals surface area contributed by atoms with E-state index in [0.29, 0.717) is 37.1 Å². The van der Waals surface area contributed by atoms with Crippen LogP contribution in [0.4, 0.5) is 5.69 Å². The van der Waals surface area contributed by atoms with Gasteiger partial charge in [-0.1, -0.05) is 58.5 Å². The second kappa shape index (κ2) is 6.34. The lowest BCUT2D eigenvalue weighted by Crippen LogP contribution is -2.35. The van der Waals surface area contributed by atoms with Crippen LogP contribution in [0.5, 0.6) is 0 Å². The van der Waals surface area contributed by atoms with E-state index in [0.717, 1.165) is 0 Å². The number of hydrogen-bond acceptors (Lipinski definition) is 4. The average Bonchev–Trinajstić information content (AvgIpc) is 2.48. The van der Waals surface area contributed by atoms with Crippen LogP contribution in [0.2, 0.25) is 20.1 Å². The molecule has 0 radical (unpaired) electrons. The maximum atomic E-state index is 6.16. The van der Waals surface area contributed by atoms with Crippen LogP contribution in [0.1, 0.15) is 5.56 Å². The smallest absolute Gasteiger partial charge is 0.122 e. The van der Waals surface area contributed by atoms with Crippen molar-refractivity contribution < 1.29 is 0 Å². The number of nitrogens with zero attached hydrogens (tertiary/aromatic N) is 3. The lowest BCUT2D eigenvalue weighted by molar-refractivity contribution is 0.680. The molecule has 0 unspecified atom stereocenters. The number of hydrazone groups is 2. The molecule has 112 valence electrons. The second-order valence-corrected chi connectivity index (χ2v) is 5.95. The molecule has 0 bridgehead atoms. The van der Waals surface area contributed by atoms with Gasteiger partial charge in [0.2, 0.25) is 0 Å². The predicted molar refractivity (Wildman–Crippen MR) is 93.6 cm³/mol. The molecule has 0 amide bonds. The number of anilines is 1. The summed E-state index contributed by atoms with van der Waals surface area (Å²) < 4.78 is 0. The van der Waals surface area contributed by atoms with Crippen molar-refractivity contribution in [2.45, 2.75) is 0 Å². The first-order valence-electron chi connectivity index (χ1n) is 6.14. The van der Waals surface area contributed by atoms with Crippen molar-refractivity contribution in [2.24, 2.45) is 10.2 Å². The van der Waals surface area contributed by atoms with Gasteiger partial charge in [0.25, 0.3) is 0 Å². The first-order valence-corrected chi connectivity index (χ1v) is 7.65. The summed E-state index contributed by atoms with van der Waals surface area (Å²) in [4.78, 5) is 0. The van der Waals surface area contributed by atoms with E-state index in [1.165, 1.54) is 11.3 Å². The van der Waals surface area contributed by atoms with Crippen molar-refractivity contribution in [1.29, 1.82) is 0 Å². The number of para-hydroxylation sites is 1. The number of halogens is 4. The van der Waals surface area contributed by atoms with Crippen molar-refractivity contribution in [3.8, 4) is 0 Å². The summed E-state index contributed by atoms with van der Waals surface area (Å²) in [5, 5.41) is 11.7. The molecule has 3 rings (SSSR count). The Labute approximate surface area is 146 Å². The Morgan fingerprint density at radius 1 is 0.818 bits per heavy atom. The third-order valence-corrected chi connectivity index (χ3v) is 4.17. The molecule has 4 nitrogen and oxygen atoms in total. The second-order valence-electron chi connectivity index (χ2n) is 4.32. The molecule has 0 saturated carbocycles. The highest BCUT2D eigenvalue weighted by molar-refractivity contribution is 6.48. The Bertz CT molecular complexity index is 748. The minimum atomic E-state index is 0.451. The van der Waals surface area contributed by atoms with Gasteiger partial charge in [0.15, 0.2) is 0 Å². The van der Waals surface area contributed by atoms with E-state index >= 15 is 0 Å². The number of nitrogens with one attached hydrogen (secondary N) is 1. The Kier molecular flexibility index (Phi) is 4.45. The zero-order valence-corrected chi connectivity index (χ0v) is 13.9. The monoisotopic (exact) mass is 372 g/mol. The lowest BCUT2D eigenvalue weighted by Gasteiger charge is -2.23. The molecule has 0 aliphatic carbocycles. The van der Waals surface area contributed by atoms with Crippen LogP contribution in [0, 0.1) is 0 Å². The van der Waals surface area contributed by atoms with Gasteiger partial charge in [-0.25, -0.2) is 0 Å². The van der Waals surface area contributed by atoms with Gasteiger partial charge in [0, 0.05) is 5.56 Å². The maximum absolute atomic E-state index is 6.16.